The molecule has 3 aromatic carbocycles. The molecule has 0 heterocycles. The Kier molecular flexibility index (Phi) is 6.02. The van der Waals surface area contributed by atoms with E-state index in [1.807, 2.05) is 26.0 Å². The summed E-state index contributed by atoms with van der Waals surface area (Å²) in [6, 6.07) is 17.2. The lowest BCUT2D eigenvalue weighted by Crippen LogP contribution is -2.16. The van der Waals surface area contributed by atoms with Crippen LogP contribution in [0.15, 0.2) is 60.7 Å². The van der Waals surface area contributed by atoms with Crippen LogP contribution in [0.5, 0.6) is 0 Å². The maximum absolute atomic E-state index is 12.6. The summed E-state index contributed by atoms with van der Waals surface area (Å²) in [5.41, 5.74) is 3.69. The summed E-state index contributed by atoms with van der Waals surface area (Å²) in [5, 5.41) is 6.44. The van der Waals surface area contributed by atoms with E-state index in [4.69, 9.17) is 23.2 Å². The fourth-order valence-corrected chi connectivity index (χ4v) is 2.99. The summed E-state index contributed by atoms with van der Waals surface area (Å²) in [6.07, 6.45) is 0. The molecule has 0 fully saturated rings. The van der Waals surface area contributed by atoms with Gasteiger partial charge in [-0.15, -0.1) is 0 Å². The van der Waals surface area contributed by atoms with Crippen molar-refractivity contribution in [2.75, 3.05) is 10.6 Å². The number of benzene rings is 3. The highest BCUT2D eigenvalue weighted by Crippen LogP contribution is 2.25. The second-order valence-corrected chi connectivity index (χ2v) is 7.27. The van der Waals surface area contributed by atoms with Gasteiger partial charge in [-0.2, -0.15) is 0 Å². The first-order valence-electron chi connectivity index (χ1n) is 8.58. The van der Waals surface area contributed by atoms with Crippen molar-refractivity contribution >= 4 is 46.4 Å². The van der Waals surface area contributed by atoms with E-state index in [2.05, 4.69) is 10.6 Å². The minimum atomic E-state index is -0.351. The third kappa shape index (κ3) is 4.71. The third-order valence-electron chi connectivity index (χ3n) is 4.13. The zero-order chi connectivity index (χ0) is 20.3. The standard InChI is InChI=1S/C22H18Cl2N2O2/c1-13-6-8-17(23)19(10-13)25-21(27)15-4-3-5-16(12-15)22(28)26-20-11-14(2)7-9-18(20)24/h3-12H,1-2H3,(H,25,27)(H,26,28). The van der Waals surface area contributed by atoms with Crippen LogP contribution in [0.4, 0.5) is 11.4 Å². The molecule has 28 heavy (non-hydrogen) atoms. The summed E-state index contributed by atoms with van der Waals surface area (Å²) in [7, 11) is 0. The van der Waals surface area contributed by atoms with Crippen LogP contribution in [0.25, 0.3) is 0 Å². The smallest absolute Gasteiger partial charge is 0.255 e. The van der Waals surface area contributed by atoms with Gasteiger partial charge in [0.1, 0.15) is 0 Å². The van der Waals surface area contributed by atoms with Crippen molar-refractivity contribution in [3.8, 4) is 0 Å². The lowest BCUT2D eigenvalue weighted by molar-refractivity contribution is 0.102. The van der Waals surface area contributed by atoms with Crippen molar-refractivity contribution in [1.82, 2.24) is 0 Å². The van der Waals surface area contributed by atoms with Crippen LogP contribution >= 0.6 is 23.2 Å². The molecule has 6 heteroatoms. The molecule has 142 valence electrons. The van der Waals surface area contributed by atoms with Crippen molar-refractivity contribution < 1.29 is 9.59 Å². The number of carbonyl (C=O) groups is 2. The van der Waals surface area contributed by atoms with Gasteiger partial charge in [0, 0.05) is 11.1 Å². The number of carbonyl (C=O) groups excluding carboxylic acids is 2. The number of hydrogen-bond acceptors (Lipinski definition) is 2. The number of amides is 2. The molecule has 0 spiro atoms. The Bertz CT molecular complexity index is 983. The Morgan fingerprint density at radius 3 is 1.54 bits per heavy atom. The molecule has 0 saturated heterocycles. The Labute approximate surface area is 173 Å². The Hall–Kier alpha value is -2.82. The van der Waals surface area contributed by atoms with Crippen LogP contribution in [0.1, 0.15) is 31.8 Å². The van der Waals surface area contributed by atoms with Crippen molar-refractivity contribution in [1.29, 1.82) is 0 Å². The minimum absolute atomic E-state index is 0.348. The molecule has 2 amide bonds. The van der Waals surface area contributed by atoms with E-state index in [1.165, 1.54) is 6.07 Å². The predicted octanol–water partition coefficient (Wildman–Crippen LogP) is 6.11. The Balaban J connectivity index is 1.79. The van der Waals surface area contributed by atoms with E-state index in [0.717, 1.165) is 11.1 Å². The van der Waals surface area contributed by atoms with Gasteiger partial charge in [0.2, 0.25) is 0 Å². The van der Waals surface area contributed by atoms with Gasteiger partial charge in [-0.1, -0.05) is 41.4 Å². The topological polar surface area (TPSA) is 58.2 Å². The molecule has 0 aliphatic carbocycles. The quantitative estimate of drug-likeness (QED) is 0.542. The number of nitrogens with one attached hydrogen (secondary N) is 2. The first-order chi connectivity index (χ1) is 13.3. The average molecular weight is 413 g/mol. The maximum Gasteiger partial charge on any atom is 0.255 e. The monoisotopic (exact) mass is 412 g/mol. The number of hydrogen-bond donors (Lipinski definition) is 2. The summed E-state index contributed by atoms with van der Waals surface area (Å²) < 4.78 is 0. The largest absolute Gasteiger partial charge is 0.321 e. The van der Waals surface area contributed by atoms with Gasteiger partial charge in [-0.05, 0) is 67.4 Å². The maximum atomic E-state index is 12.6. The van der Waals surface area contributed by atoms with E-state index in [0.29, 0.717) is 32.5 Å². The van der Waals surface area contributed by atoms with Crippen LogP contribution in [0, 0.1) is 13.8 Å². The van der Waals surface area contributed by atoms with Crippen molar-refractivity contribution in [3.63, 3.8) is 0 Å². The fraction of sp³-hybridized carbons (Fsp3) is 0.0909. The van der Waals surface area contributed by atoms with Crippen LogP contribution < -0.4 is 10.6 Å². The number of aryl methyl sites for hydroxylation is 2. The number of anilines is 2. The van der Waals surface area contributed by atoms with Gasteiger partial charge in [-0.25, -0.2) is 0 Å². The van der Waals surface area contributed by atoms with Gasteiger partial charge < -0.3 is 10.6 Å². The van der Waals surface area contributed by atoms with E-state index in [1.54, 1.807) is 42.5 Å². The highest BCUT2D eigenvalue weighted by atomic mass is 35.5. The molecule has 0 bridgehead atoms. The second-order valence-electron chi connectivity index (χ2n) is 6.46. The van der Waals surface area contributed by atoms with Crippen LogP contribution in [0.2, 0.25) is 10.0 Å². The summed E-state index contributed by atoms with van der Waals surface area (Å²) >= 11 is 12.3. The summed E-state index contributed by atoms with van der Waals surface area (Å²) in [4.78, 5) is 25.2. The molecule has 0 saturated carbocycles. The molecule has 0 radical (unpaired) electrons. The Morgan fingerprint density at radius 2 is 1.11 bits per heavy atom. The van der Waals surface area contributed by atoms with E-state index in [9.17, 15) is 9.59 Å². The third-order valence-corrected chi connectivity index (χ3v) is 4.79. The highest BCUT2D eigenvalue weighted by molar-refractivity contribution is 6.34. The second kappa shape index (κ2) is 8.46. The number of rotatable bonds is 4. The van der Waals surface area contributed by atoms with Crippen molar-refractivity contribution in [2.24, 2.45) is 0 Å². The van der Waals surface area contributed by atoms with Gasteiger partial charge >= 0.3 is 0 Å². The molecular formula is C22H18Cl2N2O2. The van der Waals surface area contributed by atoms with Gasteiger partial charge in [0.25, 0.3) is 11.8 Å². The highest BCUT2D eigenvalue weighted by Gasteiger charge is 2.13. The summed E-state index contributed by atoms with van der Waals surface area (Å²) in [6.45, 7) is 3.82. The normalized spacial score (nSPS) is 10.4. The molecule has 3 rings (SSSR count). The summed E-state index contributed by atoms with van der Waals surface area (Å²) in [5.74, 6) is -0.702. The SMILES string of the molecule is Cc1ccc(Cl)c(NC(=O)c2cccc(C(=O)Nc3cc(C)ccc3Cl)c2)c1. The first kappa shape index (κ1) is 19.9. The van der Waals surface area contributed by atoms with Crippen LogP contribution in [-0.2, 0) is 0 Å². The predicted molar refractivity (Wildman–Crippen MR) is 115 cm³/mol. The Morgan fingerprint density at radius 1 is 0.679 bits per heavy atom. The molecule has 0 aliphatic rings. The lowest BCUT2D eigenvalue weighted by Gasteiger charge is -2.11. The van der Waals surface area contributed by atoms with E-state index >= 15 is 0 Å². The average Bonchev–Trinajstić information content (AvgIpc) is 2.67. The van der Waals surface area contributed by atoms with E-state index < -0.39 is 0 Å². The lowest BCUT2D eigenvalue weighted by atomic mass is 10.1. The number of halogens is 2. The molecule has 0 aliphatic heterocycles. The molecule has 0 atom stereocenters. The van der Waals surface area contributed by atoms with Gasteiger partial charge in [-0.3, -0.25) is 9.59 Å². The molecule has 0 aromatic heterocycles. The molecule has 4 nitrogen and oxygen atoms in total. The first-order valence-corrected chi connectivity index (χ1v) is 9.34. The van der Waals surface area contributed by atoms with Crippen molar-refractivity contribution in [2.45, 2.75) is 13.8 Å². The van der Waals surface area contributed by atoms with Crippen LogP contribution in [0.3, 0.4) is 0 Å². The molecule has 2 N–H and O–H groups in total. The van der Waals surface area contributed by atoms with Gasteiger partial charge in [0.15, 0.2) is 0 Å². The molecule has 3 aromatic rings. The minimum Gasteiger partial charge on any atom is -0.321 e. The van der Waals surface area contributed by atoms with Crippen LogP contribution in [-0.4, -0.2) is 11.8 Å². The zero-order valence-electron chi connectivity index (χ0n) is 15.3. The van der Waals surface area contributed by atoms with E-state index in [-0.39, 0.29) is 11.8 Å². The molecular weight excluding hydrogens is 395 g/mol. The molecule has 0 unspecified atom stereocenters. The van der Waals surface area contributed by atoms with Crippen molar-refractivity contribution in [3.05, 3.63) is 93.0 Å². The fourth-order valence-electron chi connectivity index (χ4n) is 2.66. The van der Waals surface area contributed by atoms with Gasteiger partial charge in [0.05, 0.1) is 21.4 Å². The zero-order valence-corrected chi connectivity index (χ0v) is 16.9.